The second kappa shape index (κ2) is 7.03. The number of hydrazine groups is 1. The largest absolute Gasteiger partial charge is 0.344 e. The third kappa shape index (κ3) is 3.44. The van der Waals surface area contributed by atoms with Crippen LogP contribution < -0.4 is 10.7 Å². The molecule has 27 heavy (non-hydrogen) atoms. The van der Waals surface area contributed by atoms with E-state index in [-0.39, 0.29) is 11.3 Å². The minimum Gasteiger partial charge on any atom is -0.322 e. The second-order valence-electron chi connectivity index (χ2n) is 6.47. The summed E-state index contributed by atoms with van der Waals surface area (Å²) in [6.07, 6.45) is 0.403. The van der Waals surface area contributed by atoms with E-state index in [4.69, 9.17) is 0 Å². The molecule has 2 N–H and O–H groups in total. The second-order valence-corrected chi connectivity index (χ2v) is 6.47. The average molecular weight is 365 g/mol. The lowest BCUT2D eigenvalue weighted by Crippen LogP contribution is -2.48. The highest BCUT2D eigenvalue weighted by molar-refractivity contribution is 6.10. The van der Waals surface area contributed by atoms with Crippen LogP contribution in [0.25, 0.3) is 0 Å². The normalized spacial score (nSPS) is 19.0. The number of amides is 4. The van der Waals surface area contributed by atoms with Crippen molar-refractivity contribution in [2.75, 3.05) is 0 Å². The van der Waals surface area contributed by atoms with Crippen LogP contribution in [-0.2, 0) is 4.79 Å². The van der Waals surface area contributed by atoms with Crippen molar-refractivity contribution in [3.8, 4) is 0 Å². The topological polar surface area (TPSA) is 95.6 Å². The number of hydrogen-bond acceptors (Lipinski definition) is 4. The Morgan fingerprint density at radius 1 is 0.963 bits per heavy atom. The third-order valence-electron chi connectivity index (χ3n) is 4.63. The van der Waals surface area contributed by atoms with Crippen molar-refractivity contribution in [2.45, 2.75) is 25.8 Å². The van der Waals surface area contributed by atoms with Crippen LogP contribution in [0.4, 0.5) is 4.79 Å². The van der Waals surface area contributed by atoms with Crippen molar-refractivity contribution in [1.29, 1.82) is 0 Å². The fourth-order valence-corrected chi connectivity index (χ4v) is 2.72. The van der Waals surface area contributed by atoms with Gasteiger partial charge in [-0.3, -0.25) is 19.8 Å². The van der Waals surface area contributed by atoms with Gasteiger partial charge >= 0.3 is 6.03 Å². The number of urea groups is 1. The van der Waals surface area contributed by atoms with Gasteiger partial charge in [0.2, 0.25) is 0 Å². The van der Waals surface area contributed by atoms with E-state index in [1.165, 1.54) is 24.3 Å². The van der Waals surface area contributed by atoms with Gasteiger partial charge in [-0.15, -0.1) is 0 Å². The average Bonchev–Trinajstić information content (AvgIpc) is 2.91. The molecule has 2 aromatic carbocycles. The number of imide groups is 1. The van der Waals surface area contributed by atoms with Gasteiger partial charge in [0.1, 0.15) is 5.54 Å². The Kier molecular flexibility index (Phi) is 4.77. The van der Waals surface area contributed by atoms with E-state index in [2.05, 4.69) is 10.7 Å². The molecule has 1 heterocycles. The van der Waals surface area contributed by atoms with Crippen molar-refractivity contribution in [3.63, 3.8) is 0 Å². The molecule has 2 aromatic rings. The minimum absolute atomic E-state index is 0.157. The maximum atomic E-state index is 12.4. The lowest BCUT2D eigenvalue weighted by molar-refractivity contribution is -0.132. The molecule has 0 spiro atoms. The van der Waals surface area contributed by atoms with Crippen LogP contribution in [-0.4, -0.2) is 34.2 Å². The van der Waals surface area contributed by atoms with Gasteiger partial charge in [0.15, 0.2) is 5.78 Å². The number of nitrogens with zero attached hydrogens (tertiary/aromatic N) is 1. The lowest BCUT2D eigenvalue weighted by atomic mass is 10.00. The van der Waals surface area contributed by atoms with Gasteiger partial charge in [-0.05, 0) is 25.5 Å². The van der Waals surface area contributed by atoms with Crippen molar-refractivity contribution in [2.24, 2.45) is 0 Å². The Morgan fingerprint density at radius 3 is 2.07 bits per heavy atom. The molecular formula is C20H19N3O4. The van der Waals surface area contributed by atoms with E-state index in [1.807, 2.05) is 6.07 Å². The highest BCUT2D eigenvalue weighted by Crippen LogP contribution is 2.19. The Labute approximate surface area is 156 Å². The monoisotopic (exact) mass is 365 g/mol. The molecule has 0 bridgehead atoms. The predicted molar refractivity (Wildman–Crippen MR) is 97.9 cm³/mol. The number of hydrogen-bond donors (Lipinski definition) is 2. The van der Waals surface area contributed by atoms with E-state index in [0.717, 1.165) is 0 Å². The van der Waals surface area contributed by atoms with E-state index < -0.39 is 23.4 Å². The number of carbonyl (C=O) groups is 4. The fraction of sp³-hybridized carbons (Fsp3) is 0.200. The summed E-state index contributed by atoms with van der Waals surface area (Å²) >= 11 is 0. The molecule has 0 aliphatic carbocycles. The van der Waals surface area contributed by atoms with Gasteiger partial charge in [0.05, 0.1) is 0 Å². The quantitative estimate of drug-likeness (QED) is 0.628. The Balaban J connectivity index is 1.72. The first-order chi connectivity index (χ1) is 12.9. The first-order valence-electron chi connectivity index (χ1n) is 8.53. The standard InChI is InChI=1S/C20H19N3O4/c1-3-20(2)18(26)23(19(27)21-20)22-17(25)15-11-9-14(10-12-15)16(24)13-7-5-4-6-8-13/h4-12H,3H2,1-2H3,(H,21,27)(H,22,25). The highest BCUT2D eigenvalue weighted by Gasteiger charge is 2.47. The SMILES string of the molecule is CCC1(C)NC(=O)N(NC(=O)c2ccc(C(=O)c3ccccc3)cc2)C1=O. The molecule has 1 unspecified atom stereocenters. The van der Waals surface area contributed by atoms with Crippen molar-refractivity contribution >= 4 is 23.6 Å². The van der Waals surface area contributed by atoms with Gasteiger partial charge in [-0.2, -0.15) is 5.01 Å². The highest BCUT2D eigenvalue weighted by atomic mass is 16.2. The number of nitrogens with one attached hydrogen (secondary N) is 2. The summed E-state index contributed by atoms with van der Waals surface area (Å²) in [4.78, 5) is 49.0. The first-order valence-corrected chi connectivity index (χ1v) is 8.53. The summed E-state index contributed by atoms with van der Waals surface area (Å²) in [5.74, 6) is -1.29. The molecule has 138 valence electrons. The van der Waals surface area contributed by atoms with Crippen molar-refractivity contribution in [3.05, 3.63) is 71.3 Å². The predicted octanol–water partition coefficient (Wildman–Crippen LogP) is 2.28. The van der Waals surface area contributed by atoms with E-state index in [9.17, 15) is 19.2 Å². The molecule has 0 saturated carbocycles. The number of ketones is 1. The van der Waals surface area contributed by atoms with Crippen molar-refractivity contribution in [1.82, 2.24) is 15.8 Å². The summed E-state index contributed by atoms with van der Waals surface area (Å²) in [6, 6.07) is 14.1. The van der Waals surface area contributed by atoms with Crippen LogP contribution in [0.1, 0.15) is 46.5 Å². The molecule has 3 rings (SSSR count). The maximum absolute atomic E-state index is 12.4. The zero-order chi connectivity index (χ0) is 19.6. The van der Waals surface area contributed by atoms with Crippen LogP contribution in [0, 0.1) is 0 Å². The molecule has 1 saturated heterocycles. The molecule has 1 fully saturated rings. The minimum atomic E-state index is -1.03. The van der Waals surface area contributed by atoms with Crippen molar-refractivity contribution < 1.29 is 19.2 Å². The van der Waals surface area contributed by atoms with E-state index in [1.54, 1.807) is 38.1 Å². The zero-order valence-electron chi connectivity index (χ0n) is 15.0. The van der Waals surface area contributed by atoms with Gasteiger partial charge < -0.3 is 5.32 Å². The Hall–Kier alpha value is -3.48. The zero-order valence-corrected chi connectivity index (χ0v) is 15.0. The Bertz CT molecular complexity index is 909. The fourth-order valence-electron chi connectivity index (χ4n) is 2.72. The lowest BCUT2D eigenvalue weighted by Gasteiger charge is -2.19. The summed E-state index contributed by atoms with van der Waals surface area (Å²) in [7, 11) is 0. The van der Waals surface area contributed by atoms with Crippen LogP contribution in [0.15, 0.2) is 54.6 Å². The number of benzene rings is 2. The van der Waals surface area contributed by atoms with Gasteiger partial charge in [-0.1, -0.05) is 49.4 Å². The molecule has 0 radical (unpaired) electrons. The summed E-state index contributed by atoms with van der Waals surface area (Å²) in [5, 5.41) is 3.25. The summed E-state index contributed by atoms with van der Waals surface area (Å²) < 4.78 is 0. The van der Waals surface area contributed by atoms with Gasteiger partial charge in [0.25, 0.3) is 11.8 Å². The molecule has 1 atom stereocenters. The Morgan fingerprint density at radius 2 is 1.52 bits per heavy atom. The third-order valence-corrected chi connectivity index (χ3v) is 4.63. The summed E-state index contributed by atoms with van der Waals surface area (Å²) in [6.45, 7) is 3.37. The number of rotatable bonds is 5. The van der Waals surface area contributed by atoms with E-state index >= 15 is 0 Å². The molecule has 0 aromatic heterocycles. The summed E-state index contributed by atoms with van der Waals surface area (Å²) in [5.41, 5.74) is 2.49. The first kappa shape index (κ1) is 18.3. The molecule has 4 amide bonds. The maximum Gasteiger partial charge on any atom is 0.344 e. The van der Waals surface area contributed by atoms with Gasteiger partial charge in [-0.25, -0.2) is 4.79 Å². The molecule has 7 heteroatoms. The van der Waals surface area contributed by atoms with Crippen LogP contribution in [0.3, 0.4) is 0 Å². The van der Waals surface area contributed by atoms with Crippen LogP contribution >= 0.6 is 0 Å². The molecule has 7 nitrogen and oxygen atoms in total. The molecule has 1 aliphatic heterocycles. The van der Waals surface area contributed by atoms with Crippen LogP contribution in [0.2, 0.25) is 0 Å². The smallest absolute Gasteiger partial charge is 0.322 e. The molecule has 1 aliphatic rings. The number of carbonyl (C=O) groups excluding carboxylic acids is 4. The van der Waals surface area contributed by atoms with Crippen LogP contribution in [0.5, 0.6) is 0 Å². The van der Waals surface area contributed by atoms with E-state index in [0.29, 0.717) is 22.6 Å². The molecular weight excluding hydrogens is 346 g/mol. The van der Waals surface area contributed by atoms with Gasteiger partial charge in [0, 0.05) is 16.7 Å².